The Morgan fingerprint density at radius 3 is 1.26 bits per heavy atom. The van der Waals surface area contributed by atoms with Crippen molar-refractivity contribution >= 4 is 172 Å². The lowest BCUT2D eigenvalue weighted by Crippen LogP contribution is -2.46. The zero-order chi connectivity index (χ0) is 96.5. The van der Waals surface area contributed by atoms with Gasteiger partial charge in [-0.25, -0.2) is 29.9 Å². The average molecular weight is 2080 g/mol. The first kappa shape index (κ1) is 106. The number of fused-ring (bicyclic) bond motifs is 5. The van der Waals surface area contributed by atoms with Crippen molar-refractivity contribution in [1.82, 2.24) is 92.9 Å². The van der Waals surface area contributed by atoms with Gasteiger partial charge in [-0.2, -0.15) is 0 Å². The van der Waals surface area contributed by atoms with E-state index in [2.05, 4.69) is 266 Å². The lowest BCUT2D eigenvalue weighted by atomic mass is 9.79. The summed E-state index contributed by atoms with van der Waals surface area (Å²) < 4.78 is 19.5. The number of nitrogen functional groups attached to an aromatic ring is 1. The van der Waals surface area contributed by atoms with Crippen LogP contribution in [0.2, 0.25) is 10.0 Å². The molecule has 13 aromatic heterocycles. The zero-order valence-electron chi connectivity index (χ0n) is 79.6. The van der Waals surface area contributed by atoms with Crippen LogP contribution in [0.15, 0.2) is 211 Å². The number of pyridine rings is 10. The summed E-state index contributed by atoms with van der Waals surface area (Å²) in [5.41, 5.74) is 21.7. The summed E-state index contributed by atoms with van der Waals surface area (Å²) in [7, 11) is -0.312. The number of hydrogen-bond acceptors (Lipinski definition) is 29. The van der Waals surface area contributed by atoms with Crippen LogP contribution in [0.1, 0.15) is 92.3 Å². The number of nitrogens with zero attached hydrogens (tertiary/aromatic N) is 24. The van der Waals surface area contributed by atoms with Gasteiger partial charge in [-0.1, -0.05) is 83.5 Å². The van der Waals surface area contributed by atoms with E-state index in [1.165, 1.54) is 79.2 Å². The van der Waals surface area contributed by atoms with E-state index < -0.39 is 9.85 Å². The van der Waals surface area contributed by atoms with E-state index in [4.69, 9.17) is 43.2 Å². The molecule has 0 atom stereocenters. The summed E-state index contributed by atoms with van der Waals surface area (Å²) in [5.74, 6) is 1.95. The normalized spacial score (nSPS) is 16.5. The van der Waals surface area contributed by atoms with Gasteiger partial charge in [-0.3, -0.25) is 9.97 Å². The number of aromatic nitrogens is 13. The van der Waals surface area contributed by atoms with Crippen molar-refractivity contribution in [2.45, 2.75) is 93.8 Å². The Balaban J connectivity index is 0.000000147. The molecule has 0 bridgehead atoms. The van der Waals surface area contributed by atoms with E-state index in [0.29, 0.717) is 15.9 Å². The first-order valence-electron chi connectivity index (χ1n) is 46.7. The van der Waals surface area contributed by atoms with Crippen LogP contribution in [0, 0.1) is 20.2 Å². The molecule has 0 unspecified atom stereocenters. The molecular weight excluding hydrogens is 1950 g/mol. The maximum Gasteiger partial charge on any atom is 0.496 e. The number of halogens is 5. The third kappa shape index (κ3) is 29.2. The second-order valence-electron chi connectivity index (χ2n) is 34.7. The number of hydrogen-bond donors (Lipinski definition) is 4. The molecule has 0 saturated carbocycles. The maximum atomic E-state index is 10.5. The van der Waals surface area contributed by atoms with E-state index in [1.54, 1.807) is 30.7 Å². The molecule has 2 aliphatic carbocycles. The molecule has 0 spiro atoms. The predicted molar refractivity (Wildman–Crippen MR) is 571 cm³/mol. The van der Waals surface area contributed by atoms with Crippen LogP contribution < -0.4 is 46.7 Å². The molecule has 0 aromatic carbocycles. The standard InChI is InChI=1S/C26H27N7.C18H21ClN6.C14H18BNO2.C11H16N4O2.C11H18N4.C7H4BrClN2.C6H14N2.C5H3BrN2O2.CH4.ClH/c1-2-31-10-12-32(13-11-31)22-6-7-25(29-17-22)30-24-15-21(18-33-9-8-27-26(24)33)20-14-19-4-3-5-23(19)28-16-20;1-2-23-7-9-24(10-8-23)15-3-4-17(21-12-15)22-16-11-14(19)13-25-6-5-20-18(16)25;1-13(2)14(3,4)18-15(17-13)11-8-10-6-5-7-12(10)16-9-11;1-2-13-5-7-14(8-6-13)10-3-4-11(12-9-10)15(16)17;1-2-14-5-7-15(8-6-14)10-3-4-11(12)13-9-10;8-6-3-5(9)4-11-2-1-10-7(6)11;1-2-8-5-3-7-4-6-8;6-4-1-2-5(7-3-4)8(9)10;;/h3,5-9,14-18H,2,4,10-13H2,1H3,(H,29,30);3-6,11-13H,2,7-10H2,1H3,(H,21,22);5,7-9H,6H2,1-4H3;3-4,9H,2,5-8H2,1H3;3-4,9H,2,5-8H2,1H3,(H2,12,13);1-4H;7H,2-6H2,1H3;1-3H;1H4;1H. The molecule has 21 rings (SSSR count). The maximum absolute atomic E-state index is 10.5. The van der Waals surface area contributed by atoms with Crippen molar-refractivity contribution in [1.29, 1.82) is 0 Å². The molecule has 0 radical (unpaired) electrons. The number of anilines is 9. The first-order valence-corrected chi connectivity index (χ1v) is 49.0. The molecule has 6 aliphatic heterocycles. The van der Waals surface area contributed by atoms with Crippen molar-refractivity contribution in [3.8, 4) is 11.1 Å². The summed E-state index contributed by atoms with van der Waals surface area (Å²) in [4.78, 5) is 84.0. The van der Waals surface area contributed by atoms with E-state index in [-0.39, 0.29) is 49.8 Å². The van der Waals surface area contributed by atoms with Crippen molar-refractivity contribution in [2.75, 3.05) is 200 Å². The van der Waals surface area contributed by atoms with Crippen molar-refractivity contribution in [3.63, 3.8) is 0 Å². The highest BCUT2D eigenvalue weighted by atomic mass is 79.9. The smallest absolute Gasteiger partial charge is 0.399 e. The molecule has 40 heteroatoms. The van der Waals surface area contributed by atoms with Gasteiger partial charge in [0.25, 0.3) is 0 Å². The number of piperazine rings is 5. The zero-order valence-corrected chi connectivity index (χ0v) is 85.1. The second-order valence-corrected chi connectivity index (χ2v) is 37.3. The molecule has 0 amide bonds. The Labute approximate surface area is 847 Å². The minimum atomic E-state index is -0.535. The number of nitro groups is 2. The van der Waals surface area contributed by atoms with E-state index in [1.807, 2.05) is 112 Å². The predicted octanol–water partition coefficient (Wildman–Crippen LogP) is 16.9. The first-order chi connectivity index (χ1) is 66.3. The summed E-state index contributed by atoms with van der Waals surface area (Å²) in [5, 5.41) is 32.0. The summed E-state index contributed by atoms with van der Waals surface area (Å²) in [6, 6.07) is 28.6. The Morgan fingerprint density at radius 1 is 0.446 bits per heavy atom. The summed E-state index contributed by atoms with van der Waals surface area (Å²) in [6.45, 7) is 46.8. The summed E-state index contributed by atoms with van der Waals surface area (Å²) >= 11 is 18.4. The molecule has 8 aliphatic rings. The lowest BCUT2D eigenvalue weighted by Gasteiger charge is -2.35. The third-order valence-corrected chi connectivity index (χ3v) is 26.9. The fourth-order valence-corrected chi connectivity index (χ4v) is 17.8. The van der Waals surface area contributed by atoms with Gasteiger partial charge < -0.3 is 109 Å². The van der Waals surface area contributed by atoms with Gasteiger partial charge in [0, 0.05) is 228 Å². The molecule has 34 nitrogen and oxygen atoms in total. The van der Waals surface area contributed by atoms with E-state index in [0.717, 1.165) is 226 Å². The number of imidazole rings is 3. The van der Waals surface area contributed by atoms with Crippen LogP contribution in [0.3, 0.4) is 0 Å². The SMILES string of the molecule is C.CC1(C)OB(c2cnc3c(c2)CC=C3)OC1(C)C.CCN1CCN(c2ccc(N)nc2)CC1.CCN1CCN(c2ccc(Nc3cc(-c4cnc5c(c4)CC=C5)cn4ccnc34)nc2)CC1.CCN1CCN(c2ccc(Nc3cc(Cl)cn4ccnc34)nc2)CC1.CCN1CCN(c2ccc([N+](=O)[O-])nc2)CC1.CCN1CCNCC1.Cl.Clc1cc(Br)c2nccn2c1.O=[N+]([O-])c1ccc(Br)cn1. The summed E-state index contributed by atoms with van der Waals surface area (Å²) in [6.07, 6.45) is 39.6. The second kappa shape index (κ2) is 51.1. The minimum absolute atomic E-state index is 0. The molecule has 6 fully saturated rings. The topological polar surface area (TPSA) is 338 Å². The third-order valence-electron chi connectivity index (χ3n) is 25.5. The highest BCUT2D eigenvalue weighted by molar-refractivity contribution is 9.11. The van der Waals surface area contributed by atoms with Gasteiger partial charge in [0.1, 0.15) is 17.5 Å². The monoisotopic (exact) mass is 2080 g/mol. The number of rotatable bonds is 17. The number of nitrogens with two attached hydrogens (primary N) is 1. The van der Waals surface area contributed by atoms with Gasteiger partial charge in [0.15, 0.2) is 29.3 Å². The number of allylic oxidation sites excluding steroid dienone is 2. The van der Waals surface area contributed by atoms with Crippen LogP contribution in [0.5, 0.6) is 0 Å². The molecule has 6 saturated heterocycles. The van der Waals surface area contributed by atoms with Gasteiger partial charge in [0.05, 0.1) is 94.3 Å². The number of likely N-dealkylation sites (N-methyl/N-ethyl adjacent to an activating group) is 5. The Hall–Kier alpha value is -11.4. The van der Waals surface area contributed by atoms with Crippen molar-refractivity contribution in [2.24, 2.45) is 0 Å². The van der Waals surface area contributed by atoms with Crippen LogP contribution in [-0.2, 0) is 22.2 Å². The Morgan fingerprint density at radius 2 is 0.842 bits per heavy atom. The van der Waals surface area contributed by atoms with Gasteiger partial charge in [0.2, 0.25) is 0 Å². The highest BCUT2D eigenvalue weighted by Crippen LogP contribution is 2.38. The fraction of sp³-hybridized carbons (Fsp3) is 0.394. The number of nitrogens with one attached hydrogen (secondary N) is 3. The van der Waals surface area contributed by atoms with E-state index in [9.17, 15) is 20.2 Å². The van der Waals surface area contributed by atoms with Crippen molar-refractivity contribution < 1.29 is 19.2 Å². The van der Waals surface area contributed by atoms with Crippen LogP contribution in [-0.4, -0.2) is 279 Å². The fourth-order valence-electron chi connectivity index (χ4n) is 16.5. The molecule has 139 heavy (non-hydrogen) atoms. The average Bonchev–Trinajstić information content (AvgIpc) is 1.61. The molecule has 5 N–H and O–H groups in total. The Kier molecular flexibility index (Phi) is 39.2. The van der Waals surface area contributed by atoms with Crippen LogP contribution in [0.25, 0.3) is 40.2 Å². The van der Waals surface area contributed by atoms with Gasteiger partial charge >= 0.3 is 18.8 Å². The molecule has 13 aromatic rings. The van der Waals surface area contributed by atoms with Gasteiger partial charge in [-0.15, -0.1) is 12.4 Å². The van der Waals surface area contributed by atoms with Gasteiger partial charge in [-0.05, 0) is 221 Å². The van der Waals surface area contributed by atoms with Crippen LogP contribution in [0.4, 0.5) is 63.2 Å². The minimum Gasteiger partial charge on any atom is -0.399 e. The molecule has 736 valence electrons. The van der Waals surface area contributed by atoms with Crippen LogP contribution >= 0.6 is 67.5 Å². The quantitative estimate of drug-likeness (QED) is 0.0374. The Bertz CT molecular complexity index is 6140. The lowest BCUT2D eigenvalue weighted by molar-refractivity contribution is -0.389. The molecular formula is C99H126BBr2Cl3N28O6. The largest absolute Gasteiger partial charge is 0.496 e. The van der Waals surface area contributed by atoms with Crippen molar-refractivity contribution in [3.05, 3.63) is 264 Å². The molecule has 19 heterocycles. The van der Waals surface area contributed by atoms with E-state index >= 15 is 0 Å². The highest BCUT2D eigenvalue weighted by Gasteiger charge is 2.52.